The Morgan fingerprint density at radius 3 is 2.86 bits per heavy atom. The van der Waals surface area contributed by atoms with Gasteiger partial charge in [0, 0.05) is 7.05 Å². The monoisotopic (exact) mass is 210 g/mol. The number of rotatable bonds is 2. The van der Waals surface area contributed by atoms with Gasteiger partial charge in [0.1, 0.15) is 11.8 Å². The predicted octanol–water partition coefficient (Wildman–Crippen LogP) is 0.662. The van der Waals surface area contributed by atoms with Crippen molar-refractivity contribution in [3.8, 4) is 0 Å². The van der Waals surface area contributed by atoms with Crippen molar-refractivity contribution >= 4 is 11.5 Å². The zero-order valence-corrected chi connectivity index (χ0v) is 8.69. The summed E-state index contributed by atoms with van der Waals surface area (Å²) in [6.07, 6.45) is 0.981. The highest BCUT2D eigenvalue weighted by molar-refractivity contribution is 7.05. The summed E-state index contributed by atoms with van der Waals surface area (Å²) in [7, 11) is 1.77. The molecule has 2 aromatic rings. The molecule has 74 valence electrons. The molecule has 0 aromatic carbocycles. The van der Waals surface area contributed by atoms with Crippen LogP contribution in [0.2, 0.25) is 0 Å². The van der Waals surface area contributed by atoms with Crippen LogP contribution in [0, 0.1) is 6.92 Å². The normalized spacial score (nSPS) is 13.1. The minimum absolute atomic E-state index is 0.552. The molecule has 0 saturated heterocycles. The van der Waals surface area contributed by atoms with Crippen LogP contribution in [0.5, 0.6) is 0 Å². The van der Waals surface area contributed by atoms with Crippen LogP contribution in [0.25, 0.3) is 0 Å². The third-order valence-corrected chi connectivity index (χ3v) is 2.75. The summed E-state index contributed by atoms with van der Waals surface area (Å²) in [5.41, 5.74) is 1.46. The van der Waals surface area contributed by atoms with Crippen LogP contribution >= 0.6 is 11.5 Å². The quantitative estimate of drug-likeness (QED) is 0.791. The van der Waals surface area contributed by atoms with E-state index in [1.807, 2.05) is 13.0 Å². The van der Waals surface area contributed by atoms with E-state index in [-0.39, 0.29) is 0 Å². The highest BCUT2D eigenvalue weighted by Gasteiger charge is 2.16. The summed E-state index contributed by atoms with van der Waals surface area (Å²) >= 11 is 1.28. The van der Waals surface area contributed by atoms with E-state index >= 15 is 0 Å². The first kappa shape index (κ1) is 9.29. The molecule has 0 spiro atoms. The molecular weight excluding hydrogens is 200 g/mol. The molecule has 2 rings (SSSR count). The molecule has 1 N–H and O–H groups in total. The average Bonchev–Trinajstić information content (AvgIpc) is 2.73. The van der Waals surface area contributed by atoms with Crippen LogP contribution in [0.4, 0.5) is 0 Å². The second kappa shape index (κ2) is 3.47. The maximum absolute atomic E-state index is 9.87. The molecule has 0 fully saturated rings. The first-order valence-corrected chi connectivity index (χ1v) is 4.91. The molecule has 0 radical (unpaired) electrons. The van der Waals surface area contributed by atoms with E-state index in [9.17, 15) is 5.11 Å². The van der Waals surface area contributed by atoms with E-state index in [1.165, 1.54) is 11.5 Å². The van der Waals surface area contributed by atoms with Crippen LogP contribution in [0.15, 0.2) is 12.3 Å². The molecule has 1 unspecified atom stereocenters. The van der Waals surface area contributed by atoms with Gasteiger partial charge in [-0.3, -0.25) is 4.68 Å². The summed E-state index contributed by atoms with van der Waals surface area (Å²) < 4.78 is 5.66. The van der Waals surface area contributed by atoms with Gasteiger partial charge in [0.15, 0.2) is 0 Å². The van der Waals surface area contributed by atoms with Gasteiger partial charge in [-0.05, 0) is 24.5 Å². The van der Waals surface area contributed by atoms with Gasteiger partial charge in [-0.25, -0.2) is 0 Å². The van der Waals surface area contributed by atoms with Crippen LogP contribution in [0.3, 0.4) is 0 Å². The lowest BCUT2D eigenvalue weighted by molar-refractivity contribution is 0.219. The van der Waals surface area contributed by atoms with E-state index < -0.39 is 6.10 Å². The molecule has 0 bridgehead atoms. The number of aryl methyl sites for hydroxylation is 2. The van der Waals surface area contributed by atoms with Gasteiger partial charge in [0.05, 0.1) is 16.8 Å². The van der Waals surface area contributed by atoms with Gasteiger partial charge in [0.2, 0.25) is 0 Å². The van der Waals surface area contributed by atoms with Crippen LogP contribution < -0.4 is 0 Å². The molecule has 14 heavy (non-hydrogen) atoms. The van der Waals surface area contributed by atoms with Crippen molar-refractivity contribution in [1.82, 2.24) is 19.4 Å². The van der Waals surface area contributed by atoms with Crippen molar-refractivity contribution in [3.63, 3.8) is 0 Å². The predicted molar refractivity (Wildman–Crippen MR) is 51.9 cm³/mol. The standard InChI is InChI=1S/C8H10N4OS/c1-5-3-7(14-10-5)8(13)6-4-12(2)11-9-6/h3-4,8,13H,1-2H3. The number of nitrogens with zero attached hydrogens (tertiary/aromatic N) is 4. The maximum atomic E-state index is 9.87. The molecule has 5 nitrogen and oxygen atoms in total. The Bertz CT molecular complexity index is 396. The molecule has 1 atom stereocenters. The topological polar surface area (TPSA) is 63.8 Å². The lowest BCUT2D eigenvalue weighted by Gasteiger charge is -2.01. The van der Waals surface area contributed by atoms with Gasteiger partial charge in [-0.1, -0.05) is 5.21 Å². The van der Waals surface area contributed by atoms with Crippen LogP contribution in [-0.4, -0.2) is 24.5 Å². The second-order valence-corrected chi connectivity index (χ2v) is 3.93. The Balaban J connectivity index is 2.28. The van der Waals surface area contributed by atoms with Crippen LogP contribution in [0.1, 0.15) is 22.4 Å². The first-order valence-electron chi connectivity index (χ1n) is 4.14. The van der Waals surface area contributed by atoms with Gasteiger partial charge in [0.25, 0.3) is 0 Å². The van der Waals surface area contributed by atoms with E-state index in [4.69, 9.17) is 0 Å². The molecule has 0 amide bonds. The van der Waals surface area contributed by atoms with Crippen molar-refractivity contribution in [1.29, 1.82) is 0 Å². The number of hydrogen-bond donors (Lipinski definition) is 1. The number of aliphatic hydroxyl groups is 1. The van der Waals surface area contributed by atoms with Crippen molar-refractivity contribution in [3.05, 3.63) is 28.5 Å². The fourth-order valence-electron chi connectivity index (χ4n) is 1.15. The van der Waals surface area contributed by atoms with Gasteiger partial charge in [-0.2, -0.15) is 4.37 Å². The summed E-state index contributed by atoms with van der Waals surface area (Å²) in [5.74, 6) is 0. The van der Waals surface area contributed by atoms with E-state index in [0.29, 0.717) is 5.69 Å². The summed E-state index contributed by atoms with van der Waals surface area (Å²) in [6, 6.07) is 1.85. The van der Waals surface area contributed by atoms with Gasteiger partial charge < -0.3 is 5.11 Å². The molecule has 2 heterocycles. The summed E-state index contributed by atoms with van der Waals surface area (Å²) in [5, 5.41) is 17.5. The van der Waals surface area contributed by atoms with Crippen molar-refractivity contribution in [2.75, 3.05) is 0 Å². The molecule has 0 aliphatic rings. The number of aliphatic hydroxyl groups excluding tert-OH is 1. The SMILES string of the molecule is Cc1cc(C(O)c2cn(C)nn2)sn1. The minimum atomic E-state index is -0.713. The Morgan fingerprint density at radius 2 is 2.36 bits per heavy atom. The Kier molecular flexibility index (Phi) is 2.30. The number of hydrogen-bond acceptors (Lipinski definition) is 5. The van der Waals surface area contributed by atoms with E-state index in [2.05, 4.69) is 14.7 Å². The third kappa shape index (κ3) is 1.66. The van der Waals surface area contributed by atoms with E-state index in [0.717, 1.165) is 10.6 Å². The van der Waals surface area contributed by atoms with Gasteiger partial charge in [-0.15, -0.1) is 5.10 Å². The fourth-order valence-corrected chi connectivity index (χ4v) is 1.89. The zero-order valence-electron chi connectivity index (χ0n) is 7.88. The highest BCUT2D eigenvalue weighted by Crippen LogP contribution is 2.23. The molecule has 0 aliphatic carbocycles. The fraction of sp³-hybridized carbons (Fsp3) is 0.375. The molecule has 0 saturated carbocycles. The largest absolute Gasteiger partial charge is 0.381 e. The molecular formula is C8H10N4OS. The average molecular weight is 210 g/mol. The lowest BCUT2D eigenvalue weighted by atomic mass is 10.2. The molecule has 0 aliphatic heterocycles. The van der Waals surface area contributed by atoms with Crippen molar-refractivity contribution in [2.45, 2.75) is 13.0 Å². The Labute approximate surface area is 85.2 Å². The van der Waals surface area contributed by atoms with Crippen molar-refractivity contribution in [2.24, 2.45) is 7.05 Å². The minimum Gasteiger partial charge on any atom is -0.381 e. The smallest absolute Gasteiger partial charge is 0.135 e. The van der Waals surface area contributed by atoms with Gasteiger partial charge >= 0.3 is 0 Å². The Hall–Kier alpha value is -1.27. The molecule has 6 heteroatoms. The lowest BCUT2D eigenvalue weighted by Crippen LogP contribution is -1.97. The second-order valence-electron chi connectivity index (χ2n) is 3.09. The zero-order chi connectivity index (χ0) is 10.1. The summed E-state index contributed by atoms with van der Waals surface area (Å²) in [4.78, 5) is 0.794. The highest BCUT2D eigenvalue weighted by atomic mass is 32.1. The summed E-state index contributed by atoms with van der Waals surface area (Å²) in [6.45, 7) is 1.89. The third-order valence-electron chi connectivity index (χ3n) is 1.82. The Morgan fingerprint density at radius 1 is 1.57 bits per heavy atom. The first-order chi connectivity index (χ1) is 6.66. The molecule has 2 aromatic heterocycles. The van der Waals surface area contributed by atoms with E-state index in [1.54, 1.807) is 17.9 Å². The number of aromatic nitrogens is 4. The van der Waals surface area contributed by atoms with Crippen molar-refractivity contribution < 1.29 is 5.11 Å². The van der Waals surface area contributed by atoms with Crippen LogP contribution in [-0.2, 0) is 7.05 Å². The maximum Gasteiger partial charge on any atom is 0.135 e.